The number of nitro groups is 1. The second-order valence-electron chi connectivity index (χ2n) is 7.75. The van der Waals surface area contributed by atoms with Crippen LogP contribution in [0.1, 0.15) is 37.8 Å². The van der Waals surface area contributed by atoms with Gasteiger partial charge >= 0.3 is 5.97 Å². The van der Waals surface area contributed by atoms with Crippen LogP contribution in [0, 0.1) is 15.5 Å². The Hall–Kier alpha value is -2.77. The number of ketones is 1. The molecule has 2 aromatic carbocycles. The molecule has 1 saturated carbocycles. The first-order valence-electron chi connectivity index (χ1n) is 9.49. The lowest BCUT2D eigenvalue weighted by molar-refractivity contribution is -0.555. The molecule has 1 aliphatic rings. The predicted molar refractivity (Wildman–Crippen MR) is 110 cm³/mol. The Bertz CT molecular complexity index is 978. The van der Waals surface area contributed by atoms with Crippen LogP contribution in [0.2, 0.25) is 5.02 Å². The molecule has 1 fully saturated rings. The summed E-state index contributed by atoms with van der Waals surface area (Å²) in [6.07, 6.45) is -0.669. The highest BCUT2D eigenvalue weighted by Gasteiger charge is 2.80. The number of aliphatic hydroxyl groups is 1. The van der Waals surface area contributed by atoms with Crippen molar-refractivity contribution in [3.63, 3.8) is 0 Å². The molecule has 158 valence electrons. The van der Waals surface area contributed by atoms with E-state index in [0.717, 1.165) is 6.92 Å². The van der Waals surface area contributed by atoms with Gasteiger partial charge < -0.3 is 10.2 Å². The summed E-state index contributed by atoms with van der Waals surface area (Å²) in [7, 11) is 0. The minimum absolute atomic E-state index is 0.0543. The Morgan fingerprint density at radius 2 is 1.70 bits per heavy atom. The van der Waals surface area contributed by atoms with Crippen LogP contribution in [0.15, 0.2) is 54.6 Å². The monoisotopic (exact) mass is 431 g/mol. The molecule has 8 heteroatoms. The Balaban J connectivity index is 2.48. The molecule has 3 rings (SSSR count). The first-order valence-corrected chi connectivity index (χ1v) is 9.87. The summed E-state index contributed by atoms with van der Waals surface area (Å²) in [5.74, 6) is -2.24. The number of halogens is 1. The molecule has 30 heavy (non-hydrogen) atoms. The molecule has 0 radical (unpaired) electrons. The number of carbonyl (C=O) groups excluding carboxylic acids is 1. The van der Waals surface area contributed by atoms with Gasteiger partial charge in [0.15, 0.2) is 5.60 Å². The fraction of sp³-hybridized carbons (Fsp3) is 0.364. The smallest absolute Gasteiger partial charge is 0.318 e. The highest BCUT2D eigenvalue weighted by Crippen LogP contribution is 2.64. The van der Waals surface area contributed by atoms with E-state index in [4.69, 9.17) is 11.6 Å². The van der Waals surface area contributed by atoms with Crippen LogP contribution in [-0.2, 0) is 20.6 Å². The summed E-state index contributed by atoms with van der Waals surface area (Å²) < 4.78 is 0. The van der Waals surface area contributed by atoms with Gasteiger partial charge in [-0.3, -0.25) is 19.7 Å². The van der Waals surface area contributed by atoms with Crippen LogP contribution in [0.5, 0.6) is 0 Å². The summed E-state index contributed by atoms with van der Waals surface area (Å²) in [6, 6.07) is 12.1. The number of Topliss-reactive ketones (excluding diaryl/α,β-unsaturated/α-hetero) is 1. The standard InChI is InChI=1S/C22H22ClNO6/c1-3-20(15-9-11-17(23)12-10-15)18(24(29)30)22(28,16-7-5-4-6-8-16)13-21(20,14(2)25)19(26)27/h4-12,18,28H,3,13H2,1-2H3,(H,26,27)/t18-,20-,21+,22-/m0/s1. The summed E-state index contributed by atoms with van der Waals surface area (Å²) in [6.45, 7) is 2.71. The quantitative estimate of drug-likeness (QED) is 0.410. The van der Waals surface area contributed by atoms with Gasteiger partial charge in [0.1, 0.15) is 11.2 Å². The minimum atomic E-state index is -2.21. The van der Waals surface area contributed by atoms with Crippen LogP contribution < -0.4 is 0 Å². The van der Waals surface area contributed by atoms with E-state index < -0.39 is 45.6 Å². The van der Waals surface area contributed by atoms with E-state index in [0.29, 0.717) is 5.02 Å². The van der Waals surface area contributed by atoms with Gasteiger partial charge in [-0.2, -0.15) is 0 Å². The molecule has 2 N–H and O–H groups in total. The Morgan fingerprint density at radius 1 is 1.13 bits per heavy atom. The van der Waals surface area contributed by atoms with Crippen molar-refractivity contribution in [2.75, 3.05) is 0 Å². The number of rotatable bonds is 6. The van der Waals surface area contributed by atoms with Crippen molar-refractivity contribution in [3.8, 4) is 0 Å². The average Bonchev–Trinajstić information content (AvgIpc) is 2.97. The Labute approximate surface area is 178 Å². The van der Waals surface area contributed by atoms with Gasteiger partial charge in [-0.05, 0) is 36.6 Å². The minimum Gasteiger partial charge on any atom is -0.480 e. The molecule has 0 aliphatic heterocycles. The lowest BCUT2D eigenvalue weighted by Gasteiger charge is -2.41. The molecule has 0 heterocycles. The molecule has 4 atom stereocenters. The normalized spacial score (nSPS) is 30.7. The molecule has 0 aromatic heterocycles. The van der Waals surface area contributed by atoms with Crippen LogP contribution in [0.4, 0.5) is 0 Å². The van der Waals surface area contributed by atoms with Crippen molar-refractivity contribution in [2.24, 2.45) is 5.41 Å². The van der Waals surface area contributed by atoms with Gasteiger partial charge in [0.25, 0.3) is 6.04 Å². The molecule has 2 aromatic rings. The molecule has 0 amide bonds. The van der Waals surface area contributed by atoms with E-state index in [1.807, 2.05) is 0 Å². The van der Waals surface area contributed by atoms with Crippen LogP contribution in [-0.4, -0.2) is 32.9 Å². The summed E-state index contributed by atoms with van der Waals surface area (Å²) in [5.41, 5.74) is -5.71. The van der Waals surface area contributed by atoms with Gasteiger partial charge in [-0.15, -0.1) is 0 Å². The number of carbonyl (C=O) groups is 2. The van der Waals surface area contributed by atoms with Crippen LogP contribution >= 0.6 is 11.6 Å². The summed E-state index contributed by atoms with van der Waals surface area (Å²) in [5, 5.41) is 34.9. The van der Waals surface area contributed by atoms with Gasteiger partial charge in [-0.1, -0.05) is 61.0 Å². The number of carboxylic acids is 1. The SMILES string of the molecule is CC[C@]1(c2ccc(Cl)cc2)[C@H]([N+](=O)[O-])[C@@](O)(c2ccccc2)C[C@@]1(C(C)=O)C(=O)O. The lowest BCUT2D eigenvalue weighted by atomic mass is 9.57. The molecular weight excluding hydrogens is 410 g/mol. The zero-order chi connectivity index (χ0) is 22.3. The summed E-state index contributed by atoms with van der Waals surface area (Å²) >= 11 is 5.99. The highest BCUT2D eigenvalue weighted by atomic mass is 35.5. The van der Waals surface area contributed by atoms with Crippen molar-refractivity contribution >= 4 is 23.4 Å². The lowest BCUT2D eigenvalue weighted by Crippen LogP contribution is -2.58. The van der Waals surface area contributed by atoms with E-state index >= 15 is 0 Å². The second-order valence-corrected chi connectivity index (χ2v) is 8.19. The number of aliphatic carboxylic acids is 1. The number of carboxylic acid groups (broad SMARTS) is 1. The van der Waals surface area contributed by atoms with Crippen LogP contribution in [0.25, 0.3) is 0 Å². The Kier molecular flexibility index (Phi) is 5.47. The fourth-order valence-corrected chi connectivity index (χ4v) is 5.47. The number of benzene rings is 2. The zero-order valence-corrected chi connectivity index (χ0v) is 17.3. The third-order valence-corrected chi connectivity index (χ3v) is 6.83. The molecule has 0 saturated heterocycles. The molecule has 0 unspecified atom stereocenters. The van der Waals surface area contributed by atoms with Crippen molar-refractivity contribution < 1.29 is 24.7 Å². The number of hydrogen-bond donors (Lipinski definition) is 2. The number of hydrogen-bond acceptors (Lipinski definition) is 5. The van der Waals surface area contributed by atoms with Crippen molar-refractivity contribution in [2.45, 2.75) is 43.7 Å². The molecule has 7 nitrogen and oxygen atoms in total. The third-order valence-electron chi connectivity index (χ3n) is 6.58. The molecular formula is C22H22ClNO6. The van der Waals surface area contributed by atoms with Gasteiger partial charge in [0.2, 0.25) is 0 Å². The van der Waals surface area contributed by atoms with Gasteiger partial charge in [0, 0.05) is 16.4 Å². The second kappa shape index (κ2) is 7.49. The fourth-order valence-electron chi connectivity index (χ4n) is 5.35. The van der Waals surface area contributed by atoms with Gasteiger partial charge in [0.05, 0.1) is 5.41 Å². The van der Waals surface area contributed by atoms with Crippen molar-refractivity contribution in [1.82, 2.24) is 0 Å². The first kappa shape index (κ1) is 21.9. The molecule has 1 aliphatic carbocycles. The third kappa shape index (κ3) is 2.76. The topological polar surface area (TPSA) is 118 Å². The Morgan fingerprint density at radius 3 is 2.13 bits per heavy atom. The summed E-state index contributed by atoms with van der Waals surface area (Å²) in [4.78, 5) is 37.5. The maximum Gasteiger partial charge on any atom is 0.318 e. The molecule has 0 bridgehead atoms. The zero-order valence-electron chi connectivity index (χ0n) is 16.5. The number of nitrogens with zero attached hydrogens (tertiary/aromatic N) is 1. The van der Waals surface area contributed by atoms with E-state index in [1.54, 1.807) is 25.1 Å². The maximum absolute atomic E-state index is 13.0. The van der Waals surface area contributed by atoms with Crippen molar-refractivity contribution in [1.29, 1.82) is 0 Å². The van der Waals surface area contributed by atoms with Crippen molar-refractivity contribution in [3.05, 3.63) is 80.9 Å². The highest BCUT2D eigenvalue weighted by molar-refractivity contribution is 6.30. The van der Waals surface area contributed by atoms with Crippen LogP contribution in [0.3, 0.4) is 0 Å². The van der Waals surface area contributed by atoms with Gasteiger partial charge in [-0.25, -0.2) is 0 Å². The van der Waals surface area contributed by atoms with E-state index in [-0.39, 0.29) is 17.5 Å². The largest absolute Gasteiger partial charge is 0.480 e. The molecule has 0 spiro atoms. The van der Waals surface area contributed by atoms with E-state index in [1.165, 1.54) is 36.4 Å². The predicted octanol–water partition coefficient (Wildman–Crippen LogP) is 3.58. The van der Waals surface area contributed by atoms with E-state index in [2.05, 4.69) is 0 Å². The van der Waals surface area contributed by atoms with E-state index in [9.17, 15) is 29.9 Å². The maximum atomic E-state index is 13.0. The first-order chi connectivity index (χ1) is 14.1. The average molecular weight is 432 g/mol.